The van der Waals surface area contributed by atoms with E-state index in [1.54, 1.807) is 6.07 Å². The first-order valence-electron chi connectivity index (χ1n) is 4.16. The van der Waals surface area contributed by atoms with Crippen molar-refractivity contribution < 1.29 is 9.53 Å². The van der Waals surface area contributed by atoms with Crippen LogP contribution in [0, 0.1) is 0 Å². The highest BCUT2D eigenvalue weighted by atomic mass is 79.9. The number of halogens is 1. The Morgan fingerprint density at radius 3 is 3.08 bits per heavy atom. The van der Waals surface area contributed by atoms with Crippen LogP contribution in [0.1, 0.15) is 22.8 Å². The molecule has 1 aliphatic rings. The molecule has 0 radical (unpaired) electrons. The highest BCUT2D eigenvalue weighted by molar-refractivity contribution is 9.10. The van der Waals surface area contributed by atoms with Crippen LogP contribution in [0.4, 0.5) is 0 Å². The molecule has 0 fully saturated rings. The summed E-state index contributed by atoms with van der Waals surface area (Å²) in [5.74, 6) is -0.207. The van der Waals surface area contributed by atoms with E-state index in [0.29, 0.717) is 5.56 Å². The number of hydrogen-bond acceptors (Lipinski definition) is 2. The summed E-state index contributed by atoms with van der Waals surface area (Å²) in [4.78, 5) is 11.4. The molecule has 0 spiro atoms. The lowest BCUT2D eigenvalue weighted by atomic mass is 10.00. The molecule has 0 saturated carbocycles. The number of esters is 1. The molecule has 3 heteroatoms. The fraction of sp³-hybridized carbons (Fsp3) is 0.300. The van der Waals surface area contributed by atoms with Gasteiger partial charge in [-0.25, -0.2) is 4.79 Å². The minimum absolute atomic E-state index is 0.00528. The number of cyclic esters (lactones) is 1. The Morgan fingerprint density at radius 1 is 1.54 bits per heavy atom. The minimum Gasteiger partial charge on any atom is -0.459 e. The number of carbonyl (C=O) groups excluding carboxylic acids is 1. The normalized spacial score (nSPS) is 20.8. The molecule has 68 valence electrons. The maximum absolute atomic E-state index is 11.4. The first-order valence-corrected chi connectivity index (χ1v) is 4.95. The predicted molar refractivity (Wildman–Crippen MR) is 52.7 cm³/mol. The largest absolute Gasteiger partial charge is 0.459 e. The maximum Gasteiger partial charge on any atom is 0.338 e. The average molecular weight is 241 g/mol. The Morgan fingerprint density at radius 2 is 2.31 bits per heavy atom. The summed E-state index contributed by atoms with van der Waals surface area (Å²) in [6.07, 6.45) is 0.801. The van der Waals surface area contributed by atoms with Gasteiger partial charge in [-0.3, -0.25) is 0 Å². The SMILES string of the molecule is CC1Cc2cc(Br)ccc2C(=O)O1. The summed E-state index contributed by atoms with van der Waals surface area (Å²) in [6, 6.07) is 5.63. The minimum atomic E-state index is -0.207. The second-order valence-corrected chi connectivity index (χ2v) is 4.14. The van der Waals surface area contributed by atoms with E-state index in [-0.39, 0.29) is 12.1 Å². The van der Waals surface area contributed by atoms with Gasteiger partial charge in [0.05, 0.1) is 5.56 Å². The van der Waals surface area contributed by atoms with Crippen LogP contribution in [-0.4, -0.2) is 12.1 Å². The van der Waals surface area contributed by atoms with Gasteiger partial charge in [-0.2, -0.15) is 0 Å². The van der Waals surface area contributed by atoms with E-state index in [1.807, 2.05) is 19.1 Å². The van der Waals surface area contributed by atoms with Crippen LogP contribution in [0.25, 0.3) is 0 Å². The molecule has 13 heavy (non-hydrogen) atoms. The smallest absolute Gasteiger partial charge is 0.338 e. The lowest BCUT2D eigenvalue weighted by molar-refractivity contribution is 0.0301. The third-order valence-corrected chi connectivity index (χ3v) is 2.60. The summed E-state index contributed by atoms with van der Waals surface area (Å²) < 4.78 is 6.11. The van der Waals surface area contributed by atoms with Gasteiger partial charge in [-0.1, -0.05) is 15.9 Å². The number of fused-ring (bicyclic) bond motifs is 1. The summed E-state index contributed by atoms with van der Waals surface area (Å²) in [6.45, 7) is 1.90. The topological polar surface area (TPSA) is 26.3 Å². The molecule has 1 heterocycles. The van der Waals surface area contributed by atoms with Crippen molar-refractivity contribution in [1.82, 2.24) is 0 Å². The Bertz CT molecular complexity index is 360. The Labute approximate surface area is 85.0 Å². The van der Waals surface area contributed by atoms with Gasteiger partial charge >= 0.3 is 5.97 Å². The molecule has 0 aromatic heterocycles. The molecule has 1 atom stereocenters. The Kier molecular flexibility index (Phi) is 2.12. The molecule has 1 aliphatic heterocycles. The molecule has 0 amide bonds. The van der Waals surface area contributed by atoms with Crippen molar-refractivity contribution in [2.45, 2.75) is 19.4 Å². The summed E-state index contributed by atoms with van der Waals surface area (Å²) in [7, 11) is 0. The summed E-state index contributed by atoms with van der Waals surface area (Å²) in [5, 5.41) is 0. The van der Waals surface area contributed by atoms with Gasteiger partial charge in [0.1, 0.15) is 6.10 Å². The molecule has 0 N–H and O–H groups in total. The van der Waals surface area contributed by atoms with Gasteiger partial charge in [0.2, 0.25) is 0 Å². The molecular formula is C10H9BrO2. The van der Waals surface area contributed by atoms with Crippen LogP contribution in [0.3, 0.4) is 0 Å². The maximum atomic E-state index is 11.4. The summed E-state index contributed by atoms with van der Waals surface area (Å²) in [5.41, 5.74) is 1.76. The van der Waals surface area contributed by atoms with E-state index in [2.05, 4.69) is 15.9 Å². The van der Waals surface area contributed by atoms with E-state index >= 15 is 0 Å². The van der Waals surface area contributed by atoms with E-state index in [9.17, 15) is 4.79 Å². The van der Waals surface area contributed by atoms with E-state index < -0.39 is 0 Å². The van der Waals surface area contributed by atoms with Gasteiger partial charge < -0.3 is 4.74 Å². The van der Waals surface area contributed by atoms with Crippen LogP contribution < -0.4 is 0 Å². The number of carbonyl (C=O) groups is 1. The van der Waals surface area contributed by atoms with Crippen LogP contribution in [0.2, 0.25) is 0 Å². The Balaban J connectivity index is 2.49. The van der Waals surface area contributed by atoms with Gasteiger partial charge in [0.25, 0.3) is 0 Å². The number of hydrogen-bond donors (Lipinski definition) is 0. The molecule has 1 unspecified atom stereocenters. The van der Waals surface area contributed by atoms with Gasteiger partial charge in [-0.05, 0) is 30.7 Å². The van der Waals surface area contributed by atoms with Gasteiger partial charge in [0.15, 0.2) is 0 Å². The lowest BCUT2D eigenvalue weighted by Crippen LogP contribution is -2.24. The van der Waals surface area contributed by atoms with Crippen LogP contribution in [-0.2, 0) is 11.2 Å². The van der Waals surface area contributed by atoms with E-state index in [1.165, 1.54) is 0 Å². The van der Waals surface area contributed by atoms with Gasteiger partial charge in [0, 0.05) is 10.9 Å². The molecule has 1 aromatic rings. The van der Waals surface area contributed by atoms with Crippen LogP contribution >= 0.6 is 15.9 Å². The quantitative estimate of drug-likeness (QED) is 0.652. The zero-order valence-electron chi connectivity index (χ0n) is 7.21. The van der Waals surface area contributed by atoms with Crippen LogP contribution in [0.15, 0.2) is 22.7 Å². The molecule has 2 nitrogen and oxygen atoms in total. The molecule has 2 rings (SSSR count). The third kappa shape index (κ3) is 1.61. The first kappa shape index (κ1) is 8.75. The fourth-order valence-corrected chi connectivity index (χ4v) is 1.94. The molecular weight excluding hydrogens is 232 g/mol. The van der Waals surface area contributed by atoms with Crippen molar-refractivity contribution in [3.8, 4) is 0 Å². The van der Waals surface area contributed by atoms with Crippen molar-refractivity contribution in [3.63, 3.8) is 0 Å². The highest BCUT2D eigenvalue weighted by Crippen LogP contribution is 2.23. The number of benzene rings is 1. The predicted octanol–water partition coefficient (Wildman–Crippen LogP) is 2.55. The standard InChI is InChI=1S/C10H9BrO2/c1-6-4-7-5-8(11)2-3-9(7)10(12)13-6/h2-3,5-6H,4H2,1H3. The zero-order chi connectivity index (χ0) is 9.42. The van der Waals surface area contributed by atoms with Crippen molar-refractivity contribution in [1.29, 1.82) is 0 Å². The number of ether oxygens (including phenoxy) is 1. The molecule has 0 saturated heterocycles. The van der Waals surface area contributed by atoms with Crippen molar-refractivity contribution in [3.05, 3.63) is 33.8 Å². The third-order valence-electron chi connectivity index (χ3n) is 2.10. The molecule has 0 bridgehead atoms. The summed E-state index contributed by atoms with van der Waals surface area (Å²) >= 11 is 3.38. The molecule has 0 aliphatic carbocycles. The second-order valence-electron chi connectivity index (χ2n) is 3.22. The molecule has 1 aromatic carbocycles. The second kappa shape index (κ2) is 3.14. The van der Waals surface area contributed by atoms with Crippen LogP contribution in [0.5, 0.6) is 0 Å². The zero-order valence-corrected chi connectivity index (χ0v) is 8.80. The van der Waals surface area contributed by atoms with Crippen molar-refractivity contribution in [2.75, 3.05) is 0 Å². The fourth-order valence-electron chi connectivity index (χ4n) is 1.53. The van der Waals surface area contributed by atoms with E-state index in [4.69, 9.17) is 4.74 Å². The first-order chi connectivity index (χ1) is 6.16. The van der Waals surface area contributed by atoms with Crippen molar-refractivity contribution in [2.24, 2.45) is 0 Å². The monoisotopic (exact) mass is 240 g/mol. The van der Waals surface area contributed by atoms with E-state index in [0.717, 1.165) is 16.5 Å². The van der Waals surface area contributed by atoms with Crippen molar-refractivity contribution >= 4 is 21.9 Å². The highest BCUT2D eigenvalue weighted by Gasteiger charge is 2.22. The number of rotatable bonds is 0. The Hall–Kier alpha value is -0.830. The average Bonchev–Trinajstić information content (AvgIpc) is 2.02. The van der Waals surface area contributed by atoms with Gasteiger partial charge in [-0.15, -0.1) is 0 Å². The lowest BCUT2D eigenvalue weighted by Gasteiger charge is -2.21.